The van der Waals surface area contributed by atoms with Crippen LogP contribution in [0.2, 0.25) is 0 Å². The molecule has 3 rings (SSSR count). The molecular weight excluding hydrogens is 987 g/mol. The van der Waals surface area contributed by atoms with Gasteiger partial charge in [-0.1, -0.05) is 152 Å². The summed E-state index contributed by atoms with van der Waals surface area (Å²) >= 11 is 0. The summed E-state index contributed by atoms with van der Waals surface area (Å²) < 4.78 is 34.2. The van der Waals surface area contributed by atoms with E-state index in [0.717, 1.165) is 57.8 Å². The van der Waals surface area contributed by atoms with Gasteiger partial charge in [0.05, 0.1) is 38.6 Å². The maximum atomic E-state index is 13.3. The molecule has 3 saturated heterocycles. The molecule has 0 radical (unpaired) electrons. The van der Waals surface area contributed by atoms with Crippen LogP contribution >= 0.6 is 0 Å². The molecule has 442 valence electrons. The van der Waals surface area contributed by atoms with E-state index in [1.165, 1.54) is 83.5 Å². The lowest BCUT2D eigenvalue weighted by molar-refractivity contribution is -0.379. The molecule has 0 spiro atoms. The van der Waals surface area contributed by atoms with Gasteiger partial charge in [0.1, 0.15) is 73.2 Å². The molecule has 0 bridgehead atoms. The number of unbranched alkanes of at least 4 members (excludes halogenated alkanes) is 19. The van der Waals surface area contributed by atoms with Gasteiger partial charge in [-0.2, -0.15) is 0 Å². The van der Waals surface area contributed by atoms with Crippen LogP contribution in [0.25, 0.3) is 0 Å². The highest BCUT2D eigenvalue weighted by molar-refractivity contribution is 5.76. The van der Waals surface area contributed by atoms with E-state index in [1.54, 1.807) is 6.08 Å². The van der Waals surface area contributed by atoms with E-state index in [-0.39, 0.29) is 18.9 Å². The van der Waals surface area contributed by atoms with Crippen LogP contribution in [0.1, 0.15) is 174 Å². The molecule has 17 unspecified atom stereocenters. The van der Waals surface area contributed by atoms with Crippen molar-refractivity contribution in [1.82, 2.24) is 5.32 Å². The lowest BCUT2D eigenvalue weighted by Crippen LogP contribution is -2.66. The molecule has 3 aliphatic heterocycles. The lowest BCUT2D eigenvalue weighted by Gasteiger charge is -2.48. The zero-order chi connectivity index (χ0) is 55.5. The molecule has 12 N–H and O–H groups in total. The molecule has 0 aromatic heterocycles. The van der Waals surface area contributed by atoms with Crippen LogP contribution in [-0.2, 0) is 33.2 Å². The SMILES string of the molecule is CCCCC/C=C\C/C=C\CCCCCCCCCCCC(=O)NC(COC1OC(CO)C(OC2OC(CO)C(OC3OC(CO)C(O)C(O)C3O)C(O)C2O)C(O)C1O)C(O)/C=C/CC/C=C/CCCCCCCC. The topological polar surface area (TPSA) is 307 Å². The normalized spacial score (nSPS) is 31.3. The first-order chi connectivity index (χ1) is 36.8. The van der Waals surface area contributed by atoms with Crippen molar-refractivity contribution >= 4 is 5.91 Å². The molecule has 3 fully saturated rings. The van der Waals surface area contributed by atoms with Crippen molar-refractivity contribution in [2.45, 2.75) is 279 Å². The van der Waals surface area contributed by atoms with Gasteiger partial charge < -0.3 is 89.9 Å². The van der Waals surface area contributed by atoms with Gasteiger partial charge in [0.2, 0.25) is 5.91 Å². The van der Waals surface area contributed by atoms with Crippen LogP contribution in [0, 0.1) is 0 Å². The second-order valence-electron chi connectivity index (χ2n) is 20.7. The fourth-order valence-electron chi connectivity index (χ4n) is 9.53. The molecule has 0 aromatic rings. The largest absolute Gasteiger partial charge is 0.394 e. The number of carbonyl (C=O) groups excluding carboxylic acids is 1. The van der Waals surface area contributed by atoms with E-state index in [9.17, 15) is 61.0 Å². The summed E-state index contributed by atoms with van der Waals surface area (Å²) in [6, 6.07) is -0.991. The average Bonchev–Trinajstić information content (AvgIpc) is 3.42. The Morgan fingerprint density at radius 3 is 1.42 bits per heavy atom. The van der Waals surface area contributed by atoms with E-state index in [0.29, 0.717) is 12.8 Å². The Morgan fingerprint density at radius 1 is 0.474 bits per heavy atom. The van der Waals surface area contributed by atoms with Crippen molar-refractivity contribution < 1.29 is 89.4 Å². The molecule has 1 amide bonds. The van der Waals surface area contributed by atoms with Crippen molar-refractivity contribution in [2.75, 3.05) is 26.4 Å². The van der Waals surface area contributed by atoms with Crippen molar-refractivity contribution in [2.24, 2.45) is 0 Å². The van der Waals surface area contributed by atoms with Crippen LogP contribution in [-0.4, -0.2) is 193 Å². The fraction of sp³-hybridized carbons (Fsp3) is 0.842. The Kier molecular flexibility index (Phi) is 36.6. The van der Waals surface area contributed by atoms with Gasteiger partial charge in [0, 0.05) is 6.42 Å². The first-order valence-corrected chi connectivity index (χ1v) is 28.9. The van der Waals surface area contributed by atoms with Gasteiger partial charge in [-0.15, -0.1) is 0 Å². The van der Waals surface area contributed by atoms with Gasteiger partial charge >= 0.3 is 0 Å². The number of hydrogen-bond acceptors (Lipinski definition) is 18. The second-order valence-corrected chi connectivity index (χ2v) is 20.7. The third kappa shape index (κ3) is 25.0. The summed E-state index contributed by atoms with van der Waals surface area (Å²) in [5, 5.41) is 120. The Labute approximate surface area is 453 Å². The smallest absolute Gasteiger partial charge is 0.220 e. The summed E-state index contributed by atoms with van der Waals surface area (Å²) in [5.74, 6) is -0.294. The standard InChI is InChI=1S/C57H101NO18/c1-3-5-7-9-11-13-15-17-18-19-20-21-22-23-25-27-29-31-33-35-45(63)58-40(41(62)34-32-30-28-26-24-16-14-12-10-8-6-4-2)39-71-55-51(69)48(66)53(43(37-60)73-55)76-57-52(70)49(67)54(44(38-61)74-57)75-56-50(68)47(65)46(64)42(36-59)72-56/h11,13,17-18,24,26,32,34,40-44,46-57,59-62,64-70H,3-10,12,14-16,19-23,25,27-31,33,35-39H2,1-2H3,(H,58,63)/b13-11-,18-17-,26-24+,34-32+. The molecule has 0 saturated carbocycles. The molecule has 0 aromatic carbocycles. The lowest BCUT2D eigenvalue weighted by atomic mass is 9.96. The van der Waals surface area contributed by atoms with Crippen molar-refractivity contribution in [1.29, 1.82) is 0 Å². The molecule has 3 aliphatic rings. The first kappa shape index (κ1) is 68.0. The minimum Gasteiger partial charge on any atom is -0.394 e. The van der Waals surface area contributed by atoms with Crippen LogP contribution in [0.3, 0.4) is 0 Å². The highest BCUT2D eigenvalue weighted by atomic mass is 16.8. The fourth-order valence-corrected chi connectivity index (χ4v) is 9.53. The van der Waals surface area contributed by atoms with Crippen molar-refractivity contribution in [3.63, 3.8) is 0 Å². The molecular formula is C57H101NO18. The molecule has 0 aliphatic carbocycles. The van der Waals surface area contributed by atoms with Gasteiger partial charge in [-0.25, -0.2) is 0 Å². The number of nitrogens with one attached hydrogen (secondary N) is 1. The van der Waals surface area contributed by atoms with Crippen LogP contribution < -0.4 is 5.32 Å². The zero-order valence-electron chi connectivity index (χ0n) is 45.7. The van der Waals surface area contributed by atoms with Crippen LogP contribution in [0.15, 0.2) is 48.6 Å². The Hall–Kier alpha value is -2.25. The number of hydrogen-bond donors (Lipinski definition) is 12. The number of aliphatic hydroxyl groups excluding tert-OH is 11. The van der Waals surface area contributed by atoms with Crippen molar-refractivity contribution in [3.05, 3.63) is 48.6 Å². The predicted octanol–water partition coefficient (Wildman–Crippen LogP) is 4.31. The third-order valence-corrected chi connectivity index (χ3v) is 14.3. The summed E-state index contributed by atoms with van der Waals surface area (Å²) in [6.07, 6.45) is 16.7. The van der Waals surface area contributed by atoms with Crippen LogP contribution in [0.4, 0.5) is 0 Å². The van der Waals surface area contributed by atoms with E-state index >= 15 is 0 Å². The van der Waals surface area contributed by atoms with E-state index in [1.807, 2.05) is 6.08 Å². The summed E-state index contributed by atoms with van der Waals surface area (Å²) in [7, 11) is 0. The Bertz CT molecular complexity index is 1580. The molecule has 3 heterocycles. The van der Waals surface area contributed by atoms with Crippen LogP contribution in [0.5, 0.6) is 0 Å². The number of carbonyl (C=O) groups is 1. The van der Waals surface area contributed by atoms with Gasteiger partial charge in [-0.3, -0.25) is 4.79 Å². The van der Waals surface area contributed by atoms with Crippen molar-refractivity contribution in [3.8, 4) is 0 Å². The minimum atomic E-state index is -1.98. The number of amides is 1. The Morgan fingerprint density at radius 2 is 0.882 bits per heavy atom. The first-order valence-electron chi connectivity index (χ1n) is 28.9. The maximum Gasteiger partial charge on any atom is 0.220 e. The molecule has 17 atom stereocenters. The summed E-state index contributed by atoms with van der Waals surface area (Å²) in [6.45, 7) is 1.63. The number of ether oxygens (including phenoxy) is 6. The molecule has 19 heteroatoms. The highest BCUT2D eigenvalue weighted by Gasteiger charge is 2.53. The number of allylic oxidation sites excluding steroid dienone is 7. The summed E-state index contributed by atoms with van der Waals surface area (Å²) in [5.41, 5.74) is 0. The molecule has 19 nitrogen and oxygen atoms in total. The molecule has 76 heavy (non-hydrogen) atoms. The number of aliphatic hydroxyl groups is 11. The third-order valence-electron chi connectivity index (χ3n) is 14.3. The number of rotatable bonds is 41. The van der Waals surface area contributed by atoms with E-state index < -0.39 is 124 Å². The maximum absolute atomic E-state index is 13.3. The predicted molar refractivity (Wildman–Crippen MR) is 286 cm³/mol. The minimum absolute atomic E-state index is 0.229. The van der Waals surface area contributed by atoms with Gasteiger partial charge in [0.25, 0.3) is 0 Å². The van der Waals surface area contributed by atoms with Gasteiger partial charge in [-0.05, 0) is 64.2 Å². The monoisotopic (exact) mass is 1090 g/mol. The highest BCUT2D eigenvalue weighted by Crippen LogP contribution is 2.33. The average molecular weight is 1090 g/mol. The quantitative estimate of drug-likeness (QED) is 0.0300. The van der Waals surface area contributed by atoms with E-state index in [2.05, 4.69) is 55.6 Å². The zero-order valence-corrected chi connectivity index (χ0v) is 45.7. The summed E-state index contributed by atoms with van der Waals surface area (Å²) in [4.78, 5) is 13.3. The van der Waals surface area contributed by atoms with E-state index in [4.69, 9.17) is 28.4 Å². The Balaban J connectivity index is 1.51. The second kappa shape index (κ2) is 40.9. The van der Waals surface area contributed by atoms with Gasteiger partial charge in [0.15, 0.2) is 18.9 Å².